The van der Waals surface area contributed by atoms with Gasteiger partial charge in [-0.3, -0.25) is 4.79 Å². The lowest BCUT2D eigenvalue weighted by Gasteiger charge is -2.23. The predicted octanol–water partition coefficient (Wildman–Crippen LogP) is 0.573. The molecule has 0 aliphatic heterocycles. The van der Waals surface area contributed by atoms with Crippen LogP contribution in [0.5, 0.6) is 5.75 Å². The van der Waals surface area contributed by atoms with E-state index in [1.54, 1.807) is 13.8 Å². The van der Waals surface area contributed by atoms with Crippen molar-refractivity contribution in [1.29, 1.82) is 0 Å². The van der Waals surface area contributed by atoms with Crippen LogP contribution in [0.4, 0.5) is 0 Å². The maximum absolute atomic E-state index is 11.7. The van der Waals surface area contributed by atoms with Crippen molar-refractivity contribution in [2.75, 3.05) is 6.61 Å². The Balaban J connectivity index is 2.62. The Hall–Kier alpha value is -2.04. The molecule has 1 aromatic carbocycles. The van der Waals surface area contributed by atoms with Crippen LogP contribution in [0.3, 0.4) is 0 Å². The number of benzene rings is 1. The lowest BCUT2D eigenvalue weighted by molar-refractivity contribution is -0.309. The summed E-state index contributed by atoms with van der Waals surface area (Å²) < 4.78 is 5.46. The van der Waals surface area contributed by atoms with E-state index in [2.05, 4.69) is 5.32 Å². The molecule has 0 fully saturated rings. The third-order valence-corrected chi connectivity index (χ3v) is 2.99. The first kappa shape index (κ1) is 16.0. The molecule has 0 unspecified atom stereocenters. The molecule has 1 atom stereocenters. The molecule has 0 bridgehead atoms. The van der Waals surface area contributed by atoms with E-state index in [4.69, 9.17) is 4.74 Å². The largest absolute Gasteiger partial charge is 0.548 e. The van der Waals surface area contributed by atoms with Crippen LogP contribution < -0.4 is 15.2 Å². The molecule has 0 radical (unpaired) electrons. The number of rotatable bonds is 6. The van der Waals surface area contributed by atoms with Gasteiger partial charge in [0.1, 0.15) is 5.75 Å². The van der Waals surface area contributed by atoms with Gasteiger partial charge in [0, 0.05) is 0 Å². The number of para-hydroxylation sites is 1. The maximum atomic E-state index is 11.7. The Morgan fingerprint density at radius 3 is 2.25 bits per heavy atom. The molecule has 0 saturated heterocycles. The van der Waals surface area contributed by atoms with Crippen molar-refractivity contribution in [3.8, 4) is 5.75 Å². The highest BCUT2D eigenvalue weighted by atomic mass is 16.5. The van der Waals surface area contributed by atoms with Gasteiger partial charge in [0.15, 0.2) is 6.61 Å². The number of carboxylic acid groups (broad SMARTS) is 1. The molecule has 0 saturated carbocycles. The number of hydrogen-bond donors (Lipinski definition) is 1. The van der Waals surface area contributed by atoms with Crippen molar-refractivity contribution >= 4 is 11.9 Å². The fourth-order valence-corrected chi connectivity index (χ4v) is 1.88. The highest BCUT2D eigenvalue weighted by Gasteiger charge is 2.17. The van der Waals surface area contributed by atoms with Crippen molar-refractivity contribution in [3.63, 3.8) is 0 Å². The fourth-order valence-electron chi connectivity index (χ4n) is 1.88. The van der Waals surface area contributed by atoms with Gasteiger partial charge in [-0.2, -0.15) is 0 Å². The van der Waals surface area contributed by atoms with E-state index in [1.807, 2.05) is 32.0 Å². The third kappa shape index (κ3) is 4.26. The maximum Gasteiger partial charge on any atom is 0.258 e. The van der Waals surface area contributed by atoms with Gasteiger partial charge >= 0.3 is 0 Å². The van der Waals surface area contributed by atoms with Crippen molar-refractivity contribution in [1.82, 2.24) is 5.32 Å². The van der Waals surface area contributed by atoms with Gasteiger partial charge in [-0.1, -0.05) is 32.0 Å². The second kappa shape index (κ2) is 6.93. The van der Waals surface area contributed by atoms with E-state index in [1.165, 1.54) is 0 Å². The zero-order valence-electron chi connectivity index (χ0n) is 12.2. The average molecular weight is 278 g/mol. The monoisotopic (exact) mass is 278 g/mol. The second-order valence-corrected chi connectivity index (χ2v) is 5.12. The standard InChI is InChI=1S/C15H21NO4/c1-9(2)13(15(18)19)16-12(17)8-20-14-10(3)6-5-7-11(14)4/h5-7,9,13H,8H2,1-4H3,(H,16,17)(H,18,19)/p-1/t13-/m1/s1. The number of nitrogens with one attached hydrogen (secondary N) is 1. The average Bonchev–Trinajstić information content (AvgIpc) is 2.34. The van der Waals surface area contributed by atoms with Crippen molar-refractivity contribution < 1.29 is 19.4 Å². The van der Waals surface area contributed by atoms with Crippen molar-refractivity contribution in [2.45, 2.75) is 33.7 Å². The number of aliphatic carboxylic acids is 1. The van der Waals surface area contributed by atoms with E-state index in [0.717, 1.165) is 11.1 Å². The zero-order valence-corrected chi connectivity index (χ0v) is 12.2. The van der Waals surface area contributed by atoms with Crippen LogP contribution in [-0.4, -0.2) is 24.5 Å². The van der Waals surface area contributed by atoms with Gasteiger partial charge in [-0.15, -0.1) is 0 Å². The highest BCUT2D eigenvalue weighted by Crippen LogP contribution is 2.22. The van der Waals surface area contributed by atoms with Crippen molar-refractivity contribution in [2.24, 2.45) is 5.92 Å². The summed E-state index contributed by atoms with van der Waals surface area (Å²) in [4.78, 5) is 22.6. The van der Waals surface area contributed by atoms with Crippen LogP contribution in [0.25, 0.3) is 0 Å². The molecule has 110 valence electrons. The number of carbonyl (C=O) groups is 2. The molecule has 5 heteroatoms. The van der Waals surface area contributed by atoms with E-state index >= 15 is 0 Å². The Bertz CT molecular complexity index is 476. The summed E-state index contributed by atoms with van der Waals surface area (Å²) in [5.41, 5.74) is 1.86. The number of hydrogen-bond acceptors (Lipinski definition) is 4. The molecule has 0 aliphatic carbocycles. The smallest absolute Gasteiger partial charge is 0.258 e. The van der Waals surface area contributed by atoms with E-state index in [0.29, 0.717) is 5.75 Å². The third-order valence-electron chi connectivity index (χ3n) is 2.99. The van der Waals surface area contributed by atoms with Crippen LogP contribution in [0.1, 0.15) is 25.0 Å². The number of carbonyl (C=O) groups excluding carboxylic acids is 2. The summed E-state index contributed by atoms with van der Waals surface area (Å²) in [5.74, 6) is -1.36. The highest BCUT2D eigenvalue weighted by molar-refractivity contribution is 5.83. The molecule has 1 aromatic rings. The van der Waals surface area contributed by atoms with Gasteiger partial charge in [0.2, 0.25) is 0 Å². The molecule has 1 N–H and O–H groups in total. The van der Waals surface area contributed by atoms with Gasteiger partial charge in [-0.25, -0.2) is 0 Å². The summed E-state index contributed by atoms with van der Waals surface area (Å²) in [6.07, 6.45) is 0. The molecule has 5 nitrogen and oxygen atoms in total. The number of amides is 1. The molecule has 0 heterocycles. The summed E-state index contributed by atoms with van der Waals surface area (Å²) in [6, 6.07) is 4.67. The first-order valence-corrected chi connectivity index (χ1v) is 6.52. The zero-order chi connectivity index (χ0) is 15.3. The Morgan fingerprint density at radius 1 is 1.25 bits per heavy atom. The van der Waals surface area contributed by atoms with Gasteiger partial charge in [0.05, 0.1) is 12.0 Å². The summed E-state index contributed by atoms with van der Waals surface area (Å²) >= 11 is 0. The van der Waals surface area contributed by atoms with Crippen molar-refractivity contribution in [3.05, 3.63) is 29.3 Å². The number of ether oxygens (including phenoxy) is 1. The summed E-state index contributed by atoms with van der Waals surface area (Å²) in [7, 11) is 0. The number of aryl methyl sites for hydroxylation is 2. The number of carboxylic acids is 1. The predicted molar refractivity (Wildman–Crippen MR) is 73.2 cm³/mol. The first-order chi connectivity index (χ1) is 9.32. The molecule has 0 spiro atoms. The quantitative estimate of drug-likeness (QED) is 0.825. The molecule has 0 aromatic heterocycles. The first-order valence-electron chi connectivity index (χ1n) is 6.52. The van der Waals surface area contributed by atoms with Gasteiger partial charge in [-0.05, 0) is 30.9 Å². The lowest BCUT2D eigenvalue weighted by Crippen LogP contribution is -2.51. The topological polar surface area (TPSA) is 78.5 Å². The SMILES string of the molecule is Cc1cccc(C)c1OCC(=O)N[C@@H](C(=O)[O-])C(C)C. The molecule has 20 heavy (non-hydrogen) atoms. The van der Waals surface area contributed by atoms with Gasteiger partial charge < -0.3 is 20.0 Å². The van der Waals surface area contributed by atoms with Crippen LogP contribution in [0.2, 0.25) is 0 Å². The molecular weight excluding hydrogens is 258 g/mol. The Morgan fingerprint density at radius 2 is 1.80 bits per heavy atom. The summed E-state index contributed by atoms with van der Waals surface area (Å²) in [6.45, 7) is 6.96. The van der Waals surface area contributed by atoms with Crippen LogP contribution in [0, 0.1) is 19.8 Å². The minimum absolute atomic E-state index is 0.220. The van der Waals surface area contributed by atoms with Gasteiger partial charge in [0.25, 0.3) is 5.91 Å². The van der Waals surface area contributed by atoms with Crippen LogP contribution in [0.15, 0.2) is 18.2 Å². The molecule has 1 rings (SSSR count). The minimum Gasteiger partial charge on any atom is -0.548 e. The van der Waals surface area contributed by atoms with E-state index in [9.17, 15) is 14.7 Å². The fraction of sp³-hybridized carbons (Fsp3) is 0.467. The minimum atomic E-state index is -1.29. The molecule has 1 amide bonds. The Kier molecular flexibility index (Phi) is 5.55. The van der Waals surface area contributed by atoms with Crippen LogP contribution in [-0.2, 0) is 9.59 Å². The Labute approximate surface area is 118 Å². The van der Waals surface area contributed by atoms with Crippen LogP contribution >= 0.6 is 0 Å². The van der Waals surface area contributed by atoms with E-state index in [-0.39, 0.29) is 12.5 Å². The second-order valence-electron chi connectivity index (χ2n) is 5.12. The molecule has 0 aliphatic rings. The summed E-state index contributed by atoms with van der Waals surface area (Å²) in [5, 5.41) is 13.3. The normalized spacial score (nSPS) is 12.1. The lowest BCUT2D eigenvalue weighted by atomic mass is 10.1. The van der Waals surface area contributed by atoms with E-state index < -0.39 is 17.9 Å². The molecular formula is C15H20NO4-.